The molecule has 3 aromatic rings. The summed E-state index contributed by atoms with van der Waals surface area (Å²) in [7, 11) is 0. The zero-order valence-electron chi connectivity index (χ0n) is 14.2. The van der Waals surface area contributed by atoms with Crippen molar-refractivity contribution in [3.8, 4) is 16.7 Å². The SMILES string of the molecule is CCOC(=O)c1cc(C#N)c(SCc2cc(-c3cccs3)on2)nc1C. The lowest BCUT2D eigenvalue weighted by Crippen LogP contribution is -2.09. The topological polar surface area (TPSA) is 89.0 Å². The highest BCUT2D eigenvalue weighted by molar-refractivity contribution is 7.98. The van der Waals surface area contributed by atoms with Crippen molar-refractivity contribution in [2.45, 2.75) is 24.6 Å². The van der Waals surface area contributed by atoms with Gasteiger partial charge in [-0.1, -0.05) is 23.0 Å². The molecule has 0 unspecified atom stereocenters. The number of esters is 1. The number of ether oxygens (including phenoxy) is 1. The van der Waals surface area contributed by atoms with E-state index < -0.39 is 5.97 Å². The van der Waals surface area contributed by atoms with E-state index in [1.165, 1.54) is 17.8 Å². The molecule has 0 radical (unpaired) electrons. The maximum atomic E-state index is 11.9. The van der Waals surface area contributed by atoms with Crippen LogP contribution < -0.4 is 0 Å². The Bertz CT molecular complexity index is 959. The van der Waals surface area contributed by atoms with Crippen molar-refractivity contribution in [1.29, 1.82) is 5.26 Å². The van der Waals surface area contributed by atoms with Gasteiger partial charge in [-0.2, -0.15) is 5.26 Å². The molecule has 0 aromatic carbocycles. The van der Waals surface area contributed by atoms with Crippen LogP contribution in [0.5, 0.6) is 0 Å². The van der Waals surface area contributed by atoms with E-state index in [1.807, 2.05) is 23.6 Å². The van der Waals surface area contributed by atoms with Crippen LogP contribution in [-0.4, -0.2) is 22.7 Å². The normalized spacial score (nSPS) is 10.5. The first-order valence-corrected chi connectivity index (χ1v) is 9.70. The molecule has 0 fully saturated rings. The molecule has 0 aliphatic rings. The van der Waals surface area contributed by atoms with E-state index in [0.717, 1.165) is 16.3 Å². The second kappa shape index (κ2) is 8.17. The van der Waals surface area contributed by atoms with Gasteiger partial charge in [-0.05, 0) is 31.4 Å². The molecule has 0 bridgehead atoms. The number of nitrogens with zero attached hydrogens (tertiary/aromatic N) is 3. The second-order valence-electron chi connectivity index (χ2n) is 5.25. The van der Waals surface area contributed by atoms with E-state index in [4.69, 9.17) is 9.26 Å². The standard InChI is InChI=1S/C18H15N3O3S2/c1-3-23-18(22)14-7-12(9-19)17(20-11(14)2)26-10-13-8-15(24-21-13)16-5-4-6-25-16/h4-8H,3,10H2,1-2H3. The number of thioether (sulfide) groups is 1. The number of carbonyl (C=O) groups is 1. The molecular weight excluding hydrogens is 370 g/mol. The molecule has 6 nitrogen and oxygen atoms in total. The summed E-state index contributed by atoms with van der Waals surface area (Å²) in [4.78, 5) is 17.4. The zero-order valence-corrected chi connectivity index (χ0v) is 15.8. The predicted molar refractivity (Wildman–Crippen MR) is 99.0 cm³/mol. The smallest absolute Gasteiger partial charge is 0.340 e. The van der Waals surface area contributed by atoms with Crippen LogP contribution in [0.25, 0.3) is 10.6 Å². The lowest BCUT2D eigenvalue weighted by molar-refractivity contribution is 0.0524. The first-order chi connectivity index (χ1) is 12.6. The van der Waals surface area contributed by atoms with Crippen LogP contribution in [0.15, 0.2) is 39.2 Å². The van der Waals surface area contributed by atoms with Crippen molar-refractivity contribution in [3.05, 3.63) is 52.2 Å². The Morgan fingerprint density at radius 2 is 2.31 bits per heavy atom. The molecular formula is C18H15N3O3S2. The second-order valence-corrected chi connectivity index (χ2v) is 7.17. The number of rotatable bonds is 6. The van der Waals surface area contributed by atoms with E-state index in [9.17, 15) is 10.1 Å². The lowest BCUT2D eigenvalue weighted by atomic mass is 10.1. The third kappa shape index (κ3) is 3.95. The summed E-state index contributed by atoms with van der Waals surface area (Å²) in [6, 6.07) is 9.42. The summed E-state index contributed by atoms with van der Waals surface area (Å²) in [6.07, 6.45) is 0. The van der Waals surface area contributed by atoms with Crippen molar-refractivity contribution >= 4 is 29.1 Å². The number of hydrogen-bond donors (Lipinski definition) is 0. The van der Waals surface area contributed by atoms with E-state index in [0.29, 0.717) is 27.6 Å². The summed E-state index contributed by atoms with van der Waals surface area (Å²) >= 11 is 2.96. The van der Waals surface area contributed by atoms with E-state index in [1.54, 1.807) is 25.2 Å². The van der Waals surface area contributed by atoms with Crippen LogP contribution >= 0.6 is 23.1 Å². The van der Waals surface area contributed by atoms with Crippen LogP contribution in [0, 0.1) is 18.3 Å². The molecule has 3 rings (SSSR count). The van der Waals surface area contributed by atoms with Crippen molar-refractivity contribution < 1.29 is 14.1 Å². The number of pyridine rings is 1. The summed E-state index contributed by atoms with van der Waals surface area (Å²) in [5.41, 5.74) is 1.94. The number of thiophene rings is 1. The number of carbonyl (C=O) groups excluding carboxylic acids is 1. The average molecular weight is 385 g/mol. The van der Waals surface area contributed by atoms with Gasteiger partial charge in [0.05, 0.1) is 34.0 Å². The summed E-state index contributed by atoms with van der Waals surface area (Å²) in [5.74, 6) is 0.759. The fraction of sp³-hybridized carbons (Fsp3) is 0.222. The van der Waals surface area contributed by atoms with Gasteiger partial charge in [0.2, 0.25) is 0 Å². The van der Waals surface area contributed by atoms with Crippen LogP contribution in [-0.2, 0) is 10.5 Å². The molecule has 3 heterocycles. The Labute approximate surface area is 158 Å². The largest absolute Gasteiger partial charge is 0.462 e. The quantitative estimate of drug-likeness (QED) is 0.457. The summed E-state index contributed by atoms with van der Waals surface area (Å²) in [5, 5.41) is 16.0. The highest BCUT2D eigenvalue weighted by Gasteiger charge is 2.17. The molecule has 0 saturated carbocycles. The third-order valence-corrected chi connectivity index (χ3v) is 5.38. The highest BCUT2D eigenvalue weighted by Crippen LogP contribution is 2.29. The number of aryl methyl sites for hydroxylation is 1. The molecule has 0 N–H and O–H groups in total. The van der Waals surface area contributed by atoms with Crippen molar-refractivity contribution in [1.82, 2.24) is 10.1 Å². The summed E-state index contributed by atoms with van der Waals surface area (Å²) < 4.78 is 10.4. The molecule has 0 saturated heterocycles. The summed E-state index contributed by atoms with van der Waals surface area (Å²) in [6.45, 7) is 3.73. The van der Waals surface area contributed by atoms with Gasteiger partial charge in [0.25, 0.3) is 0 Å². The first kappa shape index (κ1) is 18.2. The molecule has 0 aliphatic carbocycles. The lowest BCUT2D eigenvalue weighted by Gasteiger charge is -2.08. The van der Waals surface area contributed by atoms with Gasteiger partial charge in [0, 0.05) is 11.8 Å². The Morgan fingerprint density at radius 1 is 1.46 bits per heavy atom. The average Bonchev–Trinajstić information content (AvgIpc) is 3.31. The first-order valence-electron chi connectivity index (χ1n) is 7.83. The molecule has 26 heavy (non-hydrogen) atoms. The molecule has 3 aromatic heterocycles. The van der Waals surface area contributed by atoms with Crippen molar-refractivity contribution in [2.24, 2.45) is 0 Å². The molecule has 0 spiro atoms. The predicted octanol–water partition coefficient (Wildman–Crippen LogP) is 4.45. The van der Waals surface area contributed by atoms with Crippen LogP contribution in [0.3, 0.4) is 0 Å². The Hall–Kier alpha value is -2.63. The van der Waals surface area contributed by atoms with Crippen LogP contribution in [0.4, 0.5) is 0 Å². The van der Waals surface area contributed by atoms with Gasteiger partial charge in [0.15, 0.2) is 5.76 Å². The van der Waals surface area contributed by atoms with Gasteiger partial charge in [0.1, 0.15) is 11.1 Å². The van der Waals surface area contributed by atoms with Gasteiger partial charge in [-0.25, -0.2) is 9.78 Å². The number of nitriles is 1. The third-order valence-electron chi connectivity index (χ3n) is 3.47. The van der Waals surface area contributed by atoms with E-state index in [2.05, 4.69) is 16.2 Å². The molecule has 0 atom stereocenters. The van der Waals surface area contributed by atoms with Crippen LogP contribution in [0.2, 0.25) is 0 Å². The van der Waals surface area contributed by atoms with E-state index in [-0.39, 0.29) is 6.61 Å². The van der Waals surface area contributed by atoms with Crippen molar-refractivity contribution in [3.63, 3.8) is 0 Å². The van der Waals surface area contributed by atoms with Crippen LogP contribution in [0.1, 0.15) is 34.2 Å². The highest BCUT2D eigenvalue weighted by atomic mass is 32.2. The molecule has 132 valence electrons. The van der Waals surface area contributed by atoms with Gasteiger partial charge in [-0.3, -0.25) is 0 Å². The minimum absolute atomic E-state index is 0.273. The Morgan fingerprint density at radius 3 is 3.00 bits per heavy atom. The monoisotopic (exact) mass is 385 g/mol. The molecule has 0 aliphatic heterocycles. The minimum Gasteiger partial charge on any atom is -0.462 e. The minimum atomic E-state index is -0.470. The Balaban J connectivity index is 1.77. The van der Waals surface area contributed by atoms with Crippen molar-refractivity contribution in [2.75, 3.05) is 6.61 Å². The fourth-order valence-electron chi connectivity index (χ4n) is 2.25. The molecule has 8 heteroatoms. The van der Waals surface area contributed by atoms with Gasteiger partial charge in [-0.15, -0.1) is 11.3 Å². The fourth-order valence-corrected chi connectivity index (χ4v) is 3.80. The molecule has 0 amide bonds. The maximum absolute atomic E-state index is 11.9. The number of hydrogen-bond acceptors (Lipinski definition) is 8. The zero-order chi connectivity index (χ0) is 18.5. The number of aromatic nitrogens is 2. The Kier molecular flexibility index (Phi) is 5.71. The van der Waals surface area contributed by atoms with E-state index >= 15 is 0 Å². The van der Waals surface area contributed by atoms with Gasteiger partial charge >= 0.3 is 5.97 Å². The van der Waals surface area contributed by atoms with Gasteiger partial charge < -0.3 is 9.26 Å². The maximum Gasteiger partial charge on any atom is 0.340 e.